The molecule has 3 fully saturated rings. The van der Waals surface area contributed by atoms with E-state index in [0.29, 0.717) is 0 Å². The maximum Gasteiger partial charge on any atom is 0.0822 e. The number of likely N-dealkylation sites (tertiary alicyclic amines) is 1. The Kier molecular flexibility index (Phi) is 5.09. The fourth-order valence-corrected chi connectivity index (χ4v) is 5.54. The molecular formula is C26H38N2O. The number of aliphatic hydroxyl groups is 1. The van der Waals surface area contributed by atoms with E-state index in [1.54, 1.807) is 0 Å². The van der Waals surface area contributed by atoms with Crippen LogP contribution in [0.25, 0.3) is 0 Å². The van der Waals surface area contributed by atoms with Gasteiger partial charge < -0.3 is 14.9 Å². The summed E-state index contributed by atoms with van der Waals surface area (Å²) in [5, 5.41) is 11.2. The third kappa shape index (κ3) is 3.86. The molecule has 0 amide bonds. The molecular weight excluding hydrogens is 356 g/mol. The Labute approximate surface area is 177 Å². The summed E-state index contributed by atoms with van der Waals surface area (Å²) in [4.78, 5) is 4.73. The zero-order valence-electron chi connectivity index (χ0n) is 18.6. The first-order valence-corrected chi connectivity index (χ1v) is 11.3. The molecule has 0 atom stereocenters. The van der Waals surface area contributed by atoms with Crippen molar-refractivity contribution in [1.82, 2.24) is 4.90 Å². The largest absolute Gasteiger partial charge is 0.388 e. The van der Waals surface area contributed by atoms with Crippen LogP contribution in [0.2, 0.25) is 0 Å². The Morgan fingerprint density at radius 3 is 2.17 bits per heavy atom. The molecule has 3 heteroatoms. The van der Waals surface area contributed by atoms with Crippen LogP contribution in [0, 0.1) is 5.41 Å². The van der Waals surface area contributed by atoms with Crippen LogP contribution < -0.4 is 4.90 Å². The molecule has 2 heterocycles. The summed E-state index contributed by atoms with van der Waals surface area (Å²) < 4.78 is 0. The van der Waals surface area contributed by atoms with E-state index in [1.165, 1.54) is 29.1 Å². The van der Waals surface area contributed by atoms with Gasteiger partial charge in [-0.15, -0.1) is 0 Å². The third-order valence-corrected chi connectivity index (χ3v) is 7.76. The van der Waals surface area contributed by atoms with Crippen molar-refractivity contribution in [1.29, 1.82) is 0 Å². The molecule has 1 N–H and O–H groups in total. The van der Waals surface area contributed by atoms with Crippen molar-refractivity contribution in [3.63, 3.8) is 0 Å². The number of allylic oxidation sites excluding steroid dienone is 2. The van der Waals surface area contributed by atoms with Gasteiger partial charge in [-0.2, -0.15) is 0 Å². The molecule has 0 radical (unpaired) electrons. The molecule has 2 aliphatic heterocycles. The van der Waals surface area contributed by atoms with Crippen LogP contribution in [0.15, 0.2) is 48.8 Å². The van der Waals surface area contributed by atoms with E-state index in [9.17, 15) is 5.11 Å². The maximum absolute atomic E-state index is 11.2. The van der Waals surface area contributed by atoms with E-state index < -0.39 is 5.60 Å². The normalized spacial score (nSPS) is 30.6. The highest BCUT2D eigenvalue weighted by molar-refractivity contribution is 5.56. The Morgan fingerprint density at radius 1 is 0.966 bits per heavy atom. The summed E-state index contributed by atoms with van der Waals surface area (Å²) in [6, 6.07) is 9.03. The number of β-amino-alcohol motifs (C(OH)–C–C–N with tert-alkyl or cyclic N) is 1. The van der Waals surface area contributed by atoms with Crippen LogP contribution in [0.4, 0.5) is 5.69 Å². The van der Waals surface area contributed by atoms with Crippen LogP contribution >= 0.6 is 0 Å². The Morgan fingerprint density at radius 2 is 1.62 bits per heavy atom. The van der Waals surface area contributed by atoms with Crippen LogP contribution in [0.1, 0.15) is 71.3 Å². The summed E-state index contributed by atoms with van der Waals surface area (Å²) in [5.41, 5.74) is 4.86. The molecule has 0 bridgehead atoms. The predicted molar refractivity (Wildman–Crippen MR) is 122 cm³/mol. The summed E-state index contributed by atoms with van der Waals surface area (Å²) >= 11 is 0. The minimum atomic E-state index is -0.569. The van der Waals surface area contributed by atoms with Gasteiger partial charge in [0.05, 0.1) is 5.60 Å². The molecule has 4 rings (SSSR count). The van der Waals surface area contributed by atoms with Crippen molar-refractivity contribution < 1.29 is 5.11 Å². The standard InChI is InChI=1S/C26H38N2O/c1-20-7-6-17-27(20)19-26(29)14-12-25(13-15-26)16-18-28(21(25)2)23-10-8-22(9-11-23)24(3,4)5/h8-11,29H,1-2,6-7,12-19H2,3-5H3/t25-,26+. The fraction of sp³-hybridized carbons (Fsp3) is 0.615. The molecule has 1 spiro atoms. The van der Waals surface area contributed by atoms with Gasteiger partial charge in [-0.3, -0.25) is 0 Å². The first-order valence-electron chi connectivity index (χ1n) is 11.3. The molecule has 1 aromatic carbocycles. The van der Waals surface area contributed by atoms with Crippen molar-refractivity contribution in [2.24, 2.45) is 5.41 Å². The lowest BCUT2D eigenvalue weighted by Gasteiger charge is -2.44. The average molecular weight is 395 g/mol. The van der Waals surface area contributed by atoms with Gasteiger partial charge in [0.25, 0.3) is 0 Å². The molecule has 1 aliphatic carbocycles. The zero-order chi connectivity index (χ0) is 20.9. The highest BCUT2D eigenvalue weighted by Gasteiger charge is 2.48. The fourth-order valence-electron chi connectivity index (χ4n) is 5.54. The van der Waals surface area contributed by atoms with Gasteiger partial charge >= 0.3 is 0 Å². The summed E-state index contributed by atoms with van der Waals surface area (Å²) in [5.74, 6) is 0. The smallest absolute Gasteiger partial charge is 0.0822 e. The third-order valence-electron chi connectivity index (χ3n) is 7.76. The molecule has 0 unspecified atom stereocenters. The number of hydrogen-bond acceptors (Lipinski definition) is 3. The van der Waals surface area contributed by atoms with Crippen LogP contribution in [-0.4, -0.2) is 35.2 Å². The summed E-state index contributed by atoms with van der Waals surface area (Å²) in [7, 11) is 0. The van der Waals surface area contributed by atoms with Gasteiger partial charge in [-0.1, -0.05) is 46.1 Å². The van der Waals surface area contributed by atoms with E-state index in [1.807, 2.05) is 0 Å². The Hall–Kier alpha value is -1.74. The van der Waals surface area contributed by atoms with Crippen molar-refractivity contribution in [3.8, 4) is 0 Å². The van der Waals surface area contributed by atoms with E-state index >= 15 is 0 Å². The second-order valence-electron chi connectivity index (χ2n) is 10.7. The molecule has 3 nitrogen and oxygen atoms in total. The highest BCUT2D eigenvalue weighted by atomic mass is 16.3. The van der Waals surface area contributed by atoms with Crippen LogP contribution in [0.3, 0.4) is 0 Å². The zero-order valence-corrected chi connectivity index (χ0v) is 18.6. The second-order valence-corrected chi connectivity index (χ2v) is 10.7. The van der Waals surface area contributed by atoms with Gasteiger partial charge in [0.15, 0.2) is 0 Å². The molecule has 1 saturated carbocycles. The SMILES string of the molecule is C=C1CCCN1C[C@]1(O)CC[C@]2(CCN(c3ccc(C(C)(C)C)cc3)C2=C)CC1. The van der Waals surface area contributed by atoms with Gasteiger partial charge in [0.1, 0.15) is 0 Å². The maximum atomic E-state index is 11.2. The monoisotopic (exact) mass is 394 g/mol. The lowest BCUT2D eigenvalue weighted by atomic mass is 9.66. The van der Waals surface area contributed by atoms with E-state index in [-0.39, 0.29) is 10.8 Å². The quantitative estimate of drug-likeness (QED) is 0.722. The lowest BCUT2D eigenvalue weighted by Crippen LogP contribution is -2.46. The number of nitrogens with zero attached hydrogens (tertiary/aromatic N) is 2. The molecule has 0 aromatic heterocycles. The lowest BCUT2D eigenvalue weighted by molar-refractivity contribution is -0.0402. The number of benzene rings is 1. The van der Waals surface area contributed by atoms with Gasteiger partial charge in [0.2, 0.25) is 0 Å². The van der Waals surface area contributed by atoms with Crippen molar-refractivity contribution in [2.75, 3.05) is 24.5 Å². The highest BCUT2D eigenvalue weighted by Crippen LogP contribution is 2.53. The van der Waals surface area contributed by atoms with Gasteiger partial charge in [-0.25, -0.2) is 0 Å². The van der Waals surface area contributed by atoms with Crippen LogP contribution in [-0.2, 0) is 5.41 Å². The van der Waals surface area contributed by atoms with Gasteiger partial charge in [0, 0.05) is 42.1 Å². The molecule has 1 aromatic rings. The van der Waals surface area contributed by atoms with E-state index in [0.717, 1.165) is 58.2 Å². The molecule has 3 aliphatic rings. The molecule has 2 saturated heterocycles. The molecule has 158 valence electrons. The van der Waals surface area contributed by atoms with Crippen LogP contribution in [0.5, 0.6) is 0 Å². The van der Waals surface area contributed by atoms with E-state index in [4.69, 9.17) is 0 Å². The van der Waals surface area contributed by atoms with Crippen molar-refractivity contribution in [3.05, 3.63) is 54.4 Å². The van der Waals surface area contributed by atoms with Crippen molar-refractivity contribution in [2.45, 2.75) is 76.7 Å². The molecule has 29 heavy (non-hydrogen) atoms. The van der Waals surface area contributed by atoms with E-state index in [2.05, 4.69) is 68.0 Å². The minimum Gasteiger partial charge on any atom is -0.388 e. The summed E-state index contributed by atoms with van der Waals surface area (Å²) in [6.45, 7) is 18.3. The average Bonchev–Trinajstić information content (AvgIpc) is 3.21. The number of rotatable bonds is 3. The first kappa shape index (κ1) is 20.5. The Bertz CT molecular complexity index is 778. The minimum absolute atomic E-state index is 0.164. The predicted octanol–water partition coefficient (Wildman–Crippen LogP) is 5.61. The van der Waals surface area contributed by atoms with Crippen molar-refractivity contribution >= 4 is 5.69 Å². The van der Waals surface area contributed by atoms with Gasteiger partial charge in [-0.05, 0) is 68.1 Å². The topological polar surface area (TPSA) is 26.7 Å². The first-order chi connectivity index (χ1) is 13.6. The second kappa shape index (κ2) is 7.19. The number of hydrogen-bond donors (Lipinski definition) is 1. The number of anilines is 1. The summed E-state index contributed by atoms with van der Waals surface area (Å²) in [6.07, 6.45) is 7.23. The Balaban J connectivity index is 1.42.